The number of rotatable bonds is 6. The Morgan fingerprint density at radius 3 is 2.50 bits per heavy atom. The molecule has 3 heterocycles. The number of benzene rings is 1. The van der Waals surface area contributed by atoms with Gasteiger partial charge in [0, 0.05) is 37.7 Å². The predicted molar refractivity (Wildman–Crippen MR) is 124 cm³/mol. The molecule has 1 aromatic carbocycles. The predicted octanol–water partition coefficient (Wildman–Crippen LogP) is 3.74. The van der Waals surface area contributed by atoms with Crippen LogP contribution in [-0.2, 0) is 11.2 Å². The van der Waals surface area contributed by atoms with Crippen LogP contribution in [-0.4, -0.2) is 45.8 Å². The van der Waals surface area contributed by atoms with Crippen molar-refractivity contribution in [2.45, 2.75) is 32.7 Å². The summed E-state index contributed by atoms with van der Waals surface area (Å²) in [6, 6.07) is 17.5. The molecule has 0 aliphatic carbocycles. The van der Waals surface area contributed by atoms with E-state index in [0.29, 0.717) is 31.6 Å². The van der Waals surface area contributed by atoms with Crippen LogP contribution in [0.2, 0.25) is 0 Å². The van der Waals surface area contributed by atoms with Gasteiger partial charge < -0.3 is 10.2 Å². The Morgan fingerprint density at radius 2 is 1.84 bits per heavy atom. The fourth-order valence-electron chi connectivity index (χ4n) is 4.26. The lowest BCUT2D eigenvalue weighted by Crippen LogP contribution is -2.47. The lowest BCUT2D eigenvalue weighted by atomic mass is 9.79. The quantitative estimate of drug-likeness (QED) is 0.649. The second-order valence-electron chi connectivity index (χ2n) is 8.72. The van der Waals surface area contributed by atoms with Gasteiger partial charge in [0.05, 0.1) is 5.41 Å². The van der Waals surface area contributed by atoms with E-state index in [1.165, 1.54) is 0 Å². The van der Waals surface area contributed by atoms with Crippen LogP contribution in [0.1, 0.15) is 36.3 Å². The molecule has 1 N–H and O–H groups in total. The number of pyridine rings is 2. The average Bonchev–Trinajstić information content (AvgIpc) is 3.25. The summed E-state index contributed by atoms with van der Waals surface area (Å²) in [5.41, 5.74) is 2.96. The third-order valence-corrected chi connectivity index (χ3v) is 5.92. The first-order valence-corrected chi connectivity index (χ1v) is 11.0. The normalized spacial score (nSPS) is 18.0. The molecule has 164 valence electrons. The Labute approximate surface area is 188 Å². The smallest absolute Gasteiger partial charge is 0.272 e. The highest BCUT2D eigenvalue weighted by atomic mass is 16.2. The van der Waals surface area contributed by atoms with Crippen molar-refractivity contribution in [1.29, 1.82) is 0 Å². The van der Waals surface area contributed by atoms with E-state index in [-0.39, 0.29) is 17.9 Å². The minimum Gasteiger partial charge on any atom is -0.353 e. The standard InChI is InChI=1S/C26H28N4O2/c1-19(2)29-25(32)26(12-15-30(18-26)24(31)23-7-3-4-14-28-23)16-20-8-10-21(11-9-20)22-6-5-13-27-17-22/h3-11,13-14,17,19H,12,15-16,18H2,1-2H3,(H,29,32)/t26-/m0/s1. The molecule has 0 unspecified atom stereocenters. The summed E-state index contributed by atoms with van der Waals surface area (Å²) in [5, 5.41) is 3.08. The lowest BCUT2D eigenvalue weighted by molar-refractivity contribution is -0.130. The van der Waals surface area contributed by atoms with Crippen LogP contribution in [0.3, 0.4) is 0 Å². The molecule has 1 fully saturated rings. The Bertz CT molecular complexity index is 1070. The van der Waals surface area contributed by atoms with Gasteiger partial charge in [-0.2, -0.15) is 0 Å². The summed E-state index contributed by atoms with van der Waals surface area (Å²) in [4.78, 5) is 36.4. The molecule has 32 heavy (non-hydrogen) atoms. The van der Waals surface area contributed by atoms with E-state index in [9.17, 15) is 9.59 Å². The number of hydrogen-bond donors (Lipinski definition) is 1. The summed E-state index contributed by atoms with van der Waals surface area (Å²) < 4.78 is 0. The lowest BCUT2D eigenvalue weighted by Gasteiger charge is -2.29. The zero-order valence-corrected chi connectivity index (χ0v) is 18.5. The van der Waals surface area contributed by atoms with Crippen LogP contribution in [0.15, 0.2) is 73.2 Å². The van der Waals surface area contributed by atoms with E-state index in [0.717, 1.165) is 16.7 Å². The molecule has 0 saturated carbocycles. The third-order valence-electron chi connectivity index (χ3n) is 5.92. The van der Waals surface area contributed by atoms with Crippen molar-refractivity contribution in [1.82, 2.24) is 20.2 Å². The highest BCUT2D eigenvalue weighted by Gasteiger charge is 2.46. The van der Waals surface area contributed by atoms with Gasteiger partial charge in [0.15, 0.2) is 0 Å². The minimum atomic E-state index is -0.662. The molecule has 0 radical (unpaired) electrons. The molecule has 6 nitrogen and oxygen atoms in total. The minimum absolute atomic E-state index is 0.000145. The number of aromatic nitrogens is 2. The van der Waals surface area contributed by atoms with Crippen molar-refractivity contribution < 1.29 is 9.59 Å². The topological polar surface area (TPSA) is 75.2 Å². The molecule has 1 atom stereocenters. The average molecular weight is 429 g/mol. The van der Waals surface area contributed by atoms with Gasteiger partial charge in [-0.15, -0.1) is 0 Å². The number of carbonyl (C=O) groups excluding carboxylic acids is 2. The van der Waals surface area contributed by atoms with Gasteiger partial charge >= 0.3 is 0 Å². The molecule has 2 amide bonds. The van der Waals surface area contributed by atoms with E-state index in [4.69, 9.17) is 0 Å². The molecule has 1 aliphatic rings. The molecular formula is C26H28N4O2. The van der Waals surface area contributed by atoms with Crippen LogP contribution >= 0.6 is 0 Å². The Morgan fingerprint density at radius 1 is 1.03 bits per heavy atom. The number of amides is 2. The van der Waals surface area contributed by atoms with Gasteiger partial charge in [-0.1, -0.05) is 36.4 Å². The largest absolute Gasteiger partial charge is 0.353 e. The zero-order chi connectivity index (χ0) is 22.6. The van der Waals surface area contributed by atoms with Crippen LogP contribution < -0.4 is 5.32 Å². The van der Waals surface area contributed by atoms with Crippen LogP contribution in [0, 0.1) is 5.41 Å². The summed E-state index contributed by atoms with van der Waals surface area (Å²) >= 11 is 0. The highest BCUT2D eigenvalue weighted by Crippen LogP contribution is 2.36. The fraction of sp³-hybridized carbons (Fsp3) is 0.308. The van der Waals surface area contributed by atoms with E-state index >= 15 is 0 Å². The van der Waals surface area contributed by atoms with Gasteiger partial charge in [-0.3, -0.25) is 19.6 Å². The Balaban J connectivity index is 1.56. The molecular weight excluding hydrogens is 400 g/mol. The second kappa shape index (κ2) is 9.30. The molecule has 1 aliphatic heterocycles. The van der Waals surface area contributed by atoms with E-state index in [1.807, 2.05) is 32.2 Å². The molecule has 1 saturated heterocycles. The van der Waals surface area contributed by atoms with Gasteiger partial charge in [0.1, 0.15) is 5.69 Å². The van der Waals surface area contributed by atoms with E-state index in [2.05, 4.69) is 39.6 Å². The van der Waals surface area contributed by atoms with Crippen LogP contribution in [0.25, 0.3) is 11.1 Å². The molecule has 2 aromatic heterocycles. The maximum Gasteiger partial charge on any atom is 0.272 e. The van der Waals surface area contributed by atoms with Gasteiger partial charge in [-0.05, 0) is 61.6 Å². The first-order valence-electron chi connectivity index (χ1n) is 11.0. The van der Waals surface area contributed by atoms with Gasteiger partial charge in [-0.25, -0.2) is 0 Å². The van der Waals surface area contributed by atoms with Crippen molar-refractivity contribution >= 4 is 11.8 Å². The molecule has 0 spiro atoms. The first-order chi connectivity index (χ1) is 15.5. The van der Waals surface area contributed by atoms with E-state index in [1.54, 1.807) is 35.5 Å². The maximum atomic E-state index is 13.3. The number of nitrogens with one attached hydrogen (secondary N) is 1. The third kappa shape index (κ3) is 4.69. The number of carbonyl (C=O) groups is 2. The summed E-state index contributed by atoms with van der Waals surface area (Å²) in [7, 11) is 0. The van der Waals surface area contributed by atoms with Gasteiger partial charge in [0.25, 0.3) is 5.91 Å². The Kier molecular flexibility index (Phi) is 6.30. The summed E-state index contributed by atoms with van der Waals surface area (Å²) in [5.74, 6) is -0.128. The number of likely N-dealkylation sites (tertiary alicyclic amines) is 1. The summed E-state index contributed by atoms with van der Waals surface area (Å²) in [6.07, 6.45) is 6.41. The van der Waals surface area contributed by atoms with E-state index < -0.39 is 5.41 Å². The van der Waals surface area contributed by atoms with Crippen molar-refractivity contribution in [3.63, 3.8) is 0 Å². The van der Waals surface area contributed by atoms with Crippen molar-refractivity contribution in [2.24, 2.45) is 5.41 Å². The Hall–Kier alpha value is -3.54. The fourth-order valence-corrected chi connectivity index (χ4v) is 4.26. The molecule has 6 heteroatoms. The zero-order valence-electron chi connectivity index (χ0n) is 18.5. The van der Waals surface area contributed by atoms with Gasteiger partial charge in [0.2, 0.25) is 5.91 Å². The first kappa shape index (κ1) is 21.7. The maximum absolute atomic E-state index is 13.3. The van der Waals surface area contributed by atoms with Crippen LogP contribution in [0.5, 0.6) is 0 Å². The van der Waals surface area contributed by atoms with Crippen molar-refractivity contribution in [3.05, 3.63) is 84.4 Å². The van der Waals surface area contributed by atoms with Crippen LogP contribution in [0.4, 0.5) is 0 Å². The molecule has 0 bridgehead atoms. The number of nitrogens with zero attached hydrogens (tertiary/aromatic N) is 3. The molecule has 4 rings (SSSR count). The SMILES string of the molecule is CC(C)NC(=O)[C@]1(Cc2ccc(-c3cccnc3)cc2)CCN(C(=O)c2ccccn2)C1. The summed E-state index contributed by atoms with van der Waals surface area (Å²) in [6.45, 7) is 4.83. The number of hydrogen-bond acceptors (Lipinski definition) is 4. The monoisotopic (exact) mass is 428 g/mol. The second-order valence-corrected chi connectivity index (χ2v) is 8.72. The highest BCUT2D eigenvalue weighted by molar-refractivity contribution is 5.93. The van der Waals surface area contributed by atoms with Crippen molar-refractivity contribution in [3.8, 4) is 11.1 Å². The van der Waals surface area contributed by atoms with Crippen molar-refractivity contribution in [2.75, 3.05) is 13.1 Å². The molecule has 3 aromatic rings.